The Morgan fingerprint density at radius 2 is 2.20 bits per heavy atom. The Morgan fingerprint density at radius 1 is 1.40 bits per heavy atom. The lowest BCUT2D eigenvalue weighted by Gasteiger charge is -2.31. The first-order chi connectivity index (χ1) is 7.22. The molecule has 2 unspecified atom stereocenters. The summed E-state index contributed by atoms with van der Waals surface area (Å²) in [5, 5.41) is 4.29. The molecule has 2 aliphatic rings. The zero-order valence-corrected chi connectivity index (χ0v) is 9.10. The number of carbonyl (C=O) groups excluding carboxylic acids is 1. The van der Waals surface area contributed by atoms with Crippen LogP contribution < -0.4 is 0 Å². The maximum absolute atomic E-state index is 11.0. The molecule has 1 saturated heterocycles. The van der Waals surface area contributed by atoms with Crippen molar-refractivity contribution in [3.8, 4) is 0 Å². The minimum absolute atomic E-state index is 0.424. The molecule has 2 atom stereocenters. The summed E-state index contributed by atoms with van der Waals surface area (Å²) in [7, 11) is 4.10. The molecule has 0 aliphatic carbocycles. The fraction of sp³-hybridized carbons (Fsp3) is 0.636. The van der Waals surface area contributed by atoms with Gasteiger partial charge in [0.1, 0.15) is 5.69 Å². The van der Waals surface area contributed by atoms with Gasteiger partial charge in [0.25, 0.3) is 0 Å². The summed E-state index contributed by atoms with van der Waals surface area (Å²) in [6.45, 7) is 0. The SMILES string of the molecule is CN1C2CCC1c1c(C=O)nn(C)c1C2. The Kier molecular flexibility index (Phi) is 1.77. The van der Waals surface area contributed by atoms with Crippen LogP contribution in [0.5, 0.6) is 0 Å². The van der Waals surface area contributed by atoms with Crippen LogP contribution in [0.2, 0.25) is 0 Å². The molecule has 0 amide bonds. The first-order valence-corrected chi connectivity index (χ1v) is 5.45. The highest BCUT2D eigenvalue weighted by atomic mass is 16.1. The Morgan fingerprint density at radius 3 is 2.93 bits per heavy atom. The first-order valence-electron chi connectivity index (χ1n) is 5.45. The predicted octanol–water partition coefficient (Wildman–Crippen LogP) is 0.924. The van der Waals surface area contributed by atoms with Gasteiger partial charge in [0.05, 0.1) is 0 Å². The van der Waals surface area contributed by atoms with Crippen molar-refractivity contribution in [1.82, 2.24) is 14.7 Å². The third-order valence-corrected chi connectivity index (χ3v) is 3.95. The average Bonchev–Trinajstić information content (AvgIpc) is 2.65. The van der Waals surface area contributed by atoms with Gasteiger partial charge in [-0.25, -0.2) is 0 Å². The molecule has 0 aromatic carbocycles. The molecule has 0 spiro atoms. The lowest BCUT2D eigenvalue weighted by Crippen LogP contribution is -2.34. The molecule has 1 aromatic rings. The van der Waals surface area contributed by atoms with Crippen molar-refractivity contribution in [2.75, 3.05) is 7.05 Å². The van der Waals surface area contributed by atoms with E-state index in [1.807, 2.05) is 11.7 Å². The number of aldehydes is 1. The van der Waals surface area contributed by atoms with Gasteiger partial charge in [0.2, 0.25) is 0 Å². The molecule has 0 saturated carbocycles. The number of rotatable bonds is 1. The van der Waals surface area contributed by atoms with Crippen LogP contribution in [0.1, 0.15) is 40.6 Å². The van der Waals surface area contributed by atoms with Gasteiger partial charge < -0.3 is 0 Å². The predicted molar refractivity (Wildman–Crippen MR) is 55.8 cm³/mol. The molecule has 0 N–H and O–H groups in total. The van der Waals surface area contributed by atoms with Crippen molar-refractivity contribution in [2.24, 2.45) is 7.05 Å². The molecular formula is C11H15N3O. The maximum Gasteiger partial charge on any atom is 0.170 e. The molecule has 0 radical (unpaired) electrons. The summed E-state index contributed by atoms with van der Waals surface area (Å²) < 4.78 is 1.89. The molecule has 1 aromatic heterocycles. The largest absolute Gasteiger partial charge is 0.296 e. The number of likely N-dealkylation sites (N-methyl/N-ethyl adjacent to an activating group) is 1. The topological polar surface area (TPSA) is 38.1 Å². The Bertz CT molecular complexity index is 424. The first kappa shape index (κ1) is 9.09. The van der Waals surface area contributed by atoms with Crippen molar-refractivity contribution in [3.63, 3.8) is 0 Å². The smallest absolute Gasteiger partial charge is 0.170 e. The van der Waals surface area contributed by atoms with Crippen LogP contribution in [0.15, 0.2) is 0 Å². The van der Waals surface area contributed by atoms with Crippen molar-refractivity contribution in [3.05, 3.63) is 17.0 Å². The van der Waals surface area contributed by atoms with Gasteiger partial charge in [-0.05, 0) is 19.9 Å². The van der Waals surface area contributed by atoms with Gasteiger partial charge in [0.15, 0.2) is 6.29 Å². The molecular weight excluding hydrogens is 190 g/mol. The van der Waals surface area contributed by atoms with Crippen LogP contribution in [0.25, 0.3) is 0 Å². The number of fused-ring (bicyclic) bond motifs is 4. The van der Waals surface area contributed by atoms with Crippen LogP contribution >= 0.6 is 0 Å². The highest BCUT2D eigenvalue weighted by Gasteiger charge is 2.40. The number of aryl methyl sites for hydroxylation is 1. The van der Waals surface area contributed by atoms with Crippen molar-refractivity contribution in [2.45, 2.75) is 31.3 Å². The van der Waals surface area contributed by atoms with Crippen LogP contribution in [-0.4, -0.2) is 34.1 Å². The minimum atomic E-state index is 0.424. The molecule has 3 heterocycles. The molecule has 3 rings (SSSR count). The number of nitrogens with zero attached hydrogens (tertiary/aromatic N) is 3. The molecule has 2 aliphatic heterocycles. The summed E-state index contributed by atoms with van der Waals surface area (Å²) in [6.07, 6.45) is 4.35. The zero-order chi connectivity index (χ0) is 10.6. The fourth-order valence-corrected chi connectivity index (χ4v) is 3.12. The van der Waals surface area contributed by atoms with E-state index >= 15 is 0 Å². The third kappa shape index (κ3) is 1.05. The second-order valence-corrected chi connectivity index (χ2v) is 4.60. The van der Waals surface area contributed by atoms with Gasteiger partial charge in [-0.1, -0.05) is 0 Å². The summed E-state index contributed by atoms with van der Waals surface area (Å²) in [6, 6.07) is 1.07. The standard InChI is InChI=1S/C11H15N3O/c1-13-7-3-4-9(13)11-8(6-15)12-14(2)10(11)5-7/h6-7,9H,3-5H2,1-2H3. The molecule has 80 valence electrons. The van der Waals surface area contributed by atoms with Gasteiger partial charge in [-0.3, -0.25) is 14.4 Å². The van der Waals surface area contributed by atoms with Gasteiger partial charge in [-0.15, -0.1) is 0 Å². The fourth-order valence-electron chi connectivity index (χ4n) is 3.12. The Labute approximate surface area is 88.9 Å². The highest BCUT2D eigenvalue weighted by Crippen LogP contribution is 2.43. The number of carbonyl (C=O) groups is 1. The van der Waals surface area contributed by atoms with E-state index in [0.717, 1.165) is 12.7 Å². The van der Waals surface area contributed by atoms with E-state index in [1.165, 1.54) is 24.1 Å². The van der Waals surface area contributed by atoms with E-state index in [4.69, 9.17) is 0 Å². The second-order valence-electron chi connectivity index (χ2n) is 4.60. The van der Waals surface area contributed by atoms with E-state index in [2.05, 4.69) is 17.0 Å². The van der Waals surface area contributed by atoms with Crippen LogP contribution in [-0.2, 0) is 13.5 Å². The Hall–Kier alpha value is -1.16. The van der Waals surface area contributed by atoms with Crippen LogP contribution in [0.3, 0.4) is 0 Å². The van der Waals surface area contributed by atoms with Crippen molar-refractivity contribution in [1.29, 1.82) is 0 Å². The van der Waals surface area contributed by atoms with Gasteiger partial charge in [0, 0.05) is 36.8 Å². The third-order valence-electron chi connectivity index (χ3n) is 3.95. The molecule has 2 bridgehead atoms. The molecule has 1 fully saturated rings. The maximum atomic E-state index is 11.0. The summed E-state index contributed by atoms with van der Waals surface area (Å²) in [5.74, 6) is 0. The second kappa shape index (κ2) is 2.92. The van der Waals surface area contributed by atoms with E-state index in [0.29, 0.717) is 17.8 Å². The van der Waals surface area contributed by atoms with Gasteiger partial charge in [-0.2, -0.15) is 5.10 Å². The van der Waals surface area contributed by atoms with E-state index in [1.54, 1.807) is 0 Å². The number of hydrogen-bond donors (Lipinski definition) is 0. The van der Waals surface area contributed by atoms with Crippen LogP contribution in [0, 0.1) is 0 Å². The Balaban J connectivity index is 2.19. The van der Waals surface area contributed by atoms with E-state index < -0.39 is 0 Å². The van der Waals surface area contributed by atoms with E-state index in [9.17, 15) is 4.79 Å². The minimum Gasteiger partial charge on any atom is -0.296 e. The summed E-state index contributed by atoms with van der Waals surface area (Å²) in [5.41, 5.74) is 3.09. The number of aromatic nitrogens is 2. The molecule has 4 heteroatoms. The molecule has 15 heavy (non-hydrogen) atoms. The zero-order valence-electron chi connectivity index (χ0n) is 9.10. The quantitative estimate of drug-likeness (QED) is 0.640. The average molecular weight is 205 g/mol. The van der Waals surface area contributed by atoms with E-state index in [-0.39, 0.29) is 0 Å². The highest BCUT2D eigenvalue weighted by molar-refractivity contribution is 5.75. The molecule has 4 nitrogen and oxygen atoms in total. The van der Waals surface area contributed by atoms with Crippen molar-refractivity contribution < 1.29 is 4.79 Å². The number of hydrogen-bond acceptors (Lipinski definition) is 3. The summed E-state index contributed by atoms with van der Waals surface area (Å²) >= 11 is 0. The van der Waals surface area contributed by atoms with Gasteiger partial charge >= 0.3 is 0 Å². The lowest BCUT2D eigenvalue weighted by molar-refractivity contribution is 0.111. The van der Waals surface area contributed by atoms with Crippen LogP contribution in [0.4, 0.5) is 0 Å². The monoisotopic (exact) mass is 205 g/mol. The van der Waals surface area contributed by atoms with Crippen molar-refractivity contribution >= 4 is 6.29 Å². The summed E-state index contributed by atoms with van der Waals surface area (Å²) in [4.78, 5) is 13.4. The normalized spacial score (nSPS) is 29.2. The lowest BCUT2D eigenvalue weighted by atomic mass is 9.98.